The van der Waals surface area contributed by atoms with E-state index >= 15 is 0 Å². The van der Waals surface area contributed by atoms with Crippen LogP contribution in [0, 0.1) is 0 Å². The molecule has 0 bridgehead atoms. The molecule has 2 aromatic rings. The zero-order chi connectivity index (χ0) is 12.1. The minimum atomic E-state index is 0.209. The van der Waals surface area contributed by atoms with Crippen molar-refractivity contribution >= 4 is 11.0 Å². The van der Waals surface area contributed by atoms with Gasteiger partial charge in [0.25, 0.3) is 0 Å². The third kappa shape index (κ3) is 3.08. The summed E-state index contributed by atoms with van der Waals surface area (Å²) in [4.78, 5) is 0. The number of nitrogens with one attached hydrogen (secondary N) is 1. The van der Waals surface area contributed by atoms with Crippen molar-refractivity contribution in [2.24, 2.45) is 0 Å². The minimum Gasteiger partial charge on any atom is -0.459 e. The molecule has 0 aliphatic carbocycles. The maximum Gasteiger partial charge on any atom is 0.134 e. The number of furan rings is 1. The molecular weight excluding hydrogens is 214 g/mol. The average Bonchev–Trinajstić information content (AvgIpc) is 2.78. The Labute approximate surface area is 101 Å². The molecule has 1 aromatic heterocycles. The SMILES string of the molecule is CC(NCCCCO)c1cc2ccccc2o1. The molecule has 0 amide bonds. The first kappa shape index (κ1) is 12.1. The van der Waals surface area contributed by atoms with Gasteiger partial charge in [-0.1, -0.05) is 18.2 Å². The fraction of sp³-hybridized carbons (Fsp3) is 0.429. The van der Waals surface area contributed by atoms with Crippen LogP contribution in [0.2, 0.25) is 0 Å². The van der Waals surface area contributed by atoms with Crippen LogP contribution in [0.3, 0.4) is 0 Å². The van der Waals surface area contributed by atoms with Gasteiger partial charge in [-0.3, -0.25) is 0 Å². The molecule has 0 aliphatic rings. The first-order chi connectivity index (χ1) is 8.31. The topological polar surface area (TPSA) is 45.4 Å². The molecule has 0 saturated heterocycles. The summed E-state index contributed by atoms with van der Waals surface area (Å²) in [5.41, 5.74) is 0.937. The highest BCUT2D eigenvalue weighted by Crippen LogP contribution is 2.23. The van der Waals surface area contributed by atoms with Gasteiger partial charge in [-0.15, -0.1) is 0 Å². The second-order valence-corrected chi connectivity index (χ2v) is 4.29. The smallest absolute Gasteiger partial charge is 0.134 e. The van der Waals surface area contributed by atoms with Crippen LogP contribution in [-0.4, -0.2) is 18.3 Å². The Hall–Kier alpha value is -1.32. The molecule has 3 nitrogen and oxygen atoms in total. The van der Waals surface area contributed by atoms with Crippen molar-refractivity contribution in [2.45, 2.75) is 25.8 Å². The third-order valence-electron chi connectivity index (χ3n) is 2.91. The Kier molecular flexibility index (Phi) is 4.18. The van der Waals surface area contributed by atoms with Gasteiger partial charge in [0.15, 0.2) is 0 Å². The van der Waals surface area contributed by atoms with Gasteiger partial charge in [-0.2, -0.15) is 0 Å². The third-order valence-corrected chi connectivity index (χ3v) is 2.91. The number of para-hydroxylation sites is 1. The van der Waals surface area contributed by atoms with E-state index < -0.39 is 0 Å². The summed E-state index contributed by atoms with van der Waals surface area (Å²) in [5.74, 6) is 0.968. The summed E-state index contributed by atoms with van der Waals surface area (Å²) in [6.07, 6.45) is 1.83. The summed E-state index contributed by atoms with van der Waals surface area (Å²) in [6, 6.07) is 10.3. The molecule has 3 heteroatoms. The van der Waals surface area contributed by atoms with Crippen molar-refractivity contribution in [2.75, 3.05) is 13.2 Å². The monoisotopic (exact) mass is 233 g/mol. The van der Waals surface area contributed by atoms with Crippen LogP contribution < -0.4 is 5.32 Å². The second kappa shape index (κ2) is 5.84. The van der Waals surface area contributed by atoms with Gasteiger partial charge in [-0.05, 0) is 38.4 Å². The van der Waals surface area contributed by atoms with Crippen LogP contribution in [0.15, 0.2) is 34.7 Å². The van der Waals surface area contributed by atoms with E-state index in [9.17, 15) is 0 Å². The Morgan fingerprint density at radius 2 is 2.12 bits per heavy atom. The summed E-state index contributed by atoms with van der Waals surface area (Å²) in [5, 5.41) is 13.2. The molecule has 1 heterocycles. The first-order valence-corrected chi connectivity index (χ1v) is 6.14. The number of unbranched alkanes of at least 4 members (excludes halogenated alkanes) is 1. The van der Waals surface area contributed by atoms with Crippen LogP contribution in [0.1, 0.15) is 31.6 Å². The number of fused-ring (bicyclic) bond motifs is 1. The highest BCUT2D eigenvalue weighted by atomic mass is 16.3. The average molecular weight is 233 g/mol. The fourth-order valence-corrected chi connectivity index (χ4v) is 1.87. The van der Waals surface area contributed by atoms with Gasteiger partial charge in [0.05, 0.1) is 6.04 Å². The van der Waals surface area contributed by atoms with Gasteiger partial charge in [-0.25, -0.2) is 0 Å². The molecule has 17 heavy (non-hydrogen) atoms. The molecular formula is C14H19NO2. The van der Waals surface area contributed by atoms with E-state index in [1.54, 1.807) is 0 Å². The van der Waals surface area contributed by atoms with Crippen LogP contribution in [-0.2, 0) is 0 Å². The zero-order valence-corrected chi connectivity index (χ0v) is 10.1. The number of hydrogen-bond donors (Lipinski definition) is 2. The molecule has 1 aromatic carbocycles. The minimum absolute atomic E-state index is 0.209. The van der Waals surface area contributed by atoms with E-state index in [1.165, 1.54) is 0 Å². The molecule has 0 aliphatic heterocycles. The van der Waals surface area contributed by atoms with E-state index in [1.807, 2.05) is 18.2 Å². The number of benzene rings is 1. The van der Waals surface area contributed by atoms with E-state index in [2.05, 4.69) is 24.4 Å². The lowest BCUT2D eigenvalue weighted by Crippen LogP contribution is -2.19. The molecule has 0 fully saturated rings. The zero-order valence-electron chi connectivity index (χ0n) is 10.1. The Morgan fingerprint density at radius 1 is 1.29 bits per heavy atom. The first-order valence-electron chi connectivity index (χ1n) is 6.14. The molecule has 0 saturated carbocycles. The van der Waals surface area contributed by atoms with Gasteiger partial charge in [0.1, 0.15) is 11.3 Å². The van der Waals surface area contributed by atoms with E-state index in [4.69, 9.17) is 9.52 Å². The summed E-state index contributed by atoms with van der Waals surface area (Å²) < 4.78 is 5.77. The molecule has 92 valence electrons. The van der Waals surface area contributed by atoms with Gasteiger partial charge < -0.3 is 14.8 Å². The fourth-order valence-electron chi connectivity index (χ4n) is 1.87. The predicted octanol–water partition coefficient (Wildman–Crippen LogP) is 2.86. The van der Waals surface area contributed by atoms with Gasteiger partial charge in [0, 0.05) is 12.0 Å². The van der Waals surface area contributed by atoms with E-state index in [0.29, 0.717) is 0 Å². The standard InChI is InChI=1S/C14H19NO2/c1-11(15-8-4-5-9-16)14-10-12-6-2-3-7-13(12)17-14/h2-3,6-7,10-11,15-16H,4-5,8-9H2,1H3. The number of rotatable bonds is 6. The van der Waals surface area contributed by atoms with Crippen molar-refractivity contribution < 1.29 is 9.52 Å². The highest BCUT2D eigenvalue weighted by Gasteiger charge is 2.10. The lowest BCUT2D eigenvalue weighted by Gasteiger charge is -2.10. The predicted molar refractivity (Wildman–Crippen MR) is 69.0 cm³/mol. The lowest BCUT2D eigenvalue weighted by atomic mass is 10.2. The normalized spacial score (nSPS) is 13.1. The molecule has 1 atom stereocenters. The molecule has 1 unspecified atom stereocenters. The number of hydrogen-bond acceptors (Lipinski definition) is 3. The summed E-state index contributed by atoms with van der Waals surface area (Å²) in [6.45, 7) is 3.26. The number of aliphatic hydroxyl groups excluding tert-OH is 1. The Balaban J connectivity index is 1.96. The van der Waals surface area contributed by atoms with Crippen molar-refractivity contribution in [1.82, 2.24) is 5.32 Å². The quantitative estimate of drug-likeness (QED) is 0.754. The summed E-state index contributed by atoms with van der Waals surface area (Å²) >= 11 is 0. The maximum atomic E-state index is 8.70. The maximum absolute atomic E-state index is 8.70. The Morgan fingerprint density at radius 3 is 2.88 bits per heavy atom. The molecule has 2 N–H and O–H groups in total. The van der Waals surface area contributed by atoms with Crippen LogP contribution >= 0.6 is 0 Å². The Bertz CT molecular complexity index is 431. The van der Waals surface area contributed by atoms with Crippen LogP contribution in [0.5, 0.6) is 0 Å². The second-order valence-electron chi connectivity index (χ2n) is 4.29. The molecule has 0 spiro atoms. The molecule has 0 radical (unpaired) electrons. The van der Waals surface area contributed by atoms with Crippen LogP contribution in [0.25, 0.3) is 11.0 Å². The van der Waals surface area contributed by atoms with Crippen molar-refractivity contribution in [3.8, 4) is 0 Å². The van der Waals surface area contributed by atoms with Crippen molar-refractivity contribution in [3.05, 3.63) is 36.1 Å². The molecule has 2 rings (SSSR count). The lowest BCUT2D eigenvalue weighted by molar-refractivity contribution is 0.282. The van der Waals surface area contributed by atoms with Crippen molar-refractivity contribution in [3.63, 3.8) is 0 Å². The number of aliphatic hydroxyl groups is 1. The largest absolute Gasteiger partial charge is 0.459 e. The summed E-state index contributed by atoms with van der Waals surface area (Å²) in [7, 11) is 0. The van der Waals surface area contributed by atoms with Crippen LogP contribution in [0.4, 0.5) is 0 Å². The van der Waals surface area contributed by atoms with Gasteiger partial charge in [0.2, 0.25) is 0 Å². The van der Waals surface area contributed by atoms with Gasteiger partial charge >= 0.3 is 0 Å². The van der Waals surface area contributed by atoms with E-state index in [-0.39, 0.29) is 12.6 Å². The highest BCUT2D eigenvalue weighted by molar-refractivity contribution is 5.77. The van der Waals surface area contributed by atoms with Crippen molar-refractivity contribution in [1.29, 1.82) is 0 Å². The van der Waals surface area contributed by atoms with E-state index in [0.717, 1.165) is 36.1 Å².